The number of amides is 2. The van der Waals surface area contributed by atoms with Crippen LogP contribution in [0.4, 0.5) is 5.69 Å². The van der Waals surface area contributed by atoms with Crippen molar-refractivity contribution in [2.24, 2.45) is 11.7 Å². The van der Waals surface area contributed by atoms with Gasteiger partial charge in [-0.3, -0.25) is 14.5 Å². The largest absolute Gasteiger partial charge is 0.369 e. The lowest BCUT2D eigenvalue weighted by Gasteiger charge is -2.44. The minimum atomic E-state index is -0.932. The molecule has 0 spiro atoms. The van der Waals surface area contributed by atoms with E-state index in [0.717, 1.165) is 24.0 Å². The van der Waals surface area contributed by atoms with Crippen LogP contribution in [0.3, 0.4) is 0 Å². The van der Waals surface area contributed by atoms with Crippen molar-refractivity contribution >= 4 is 40.7 Å². The van der Waals surface area contributed by atoms with Gasteiger partial charge in [0.05, 0.1) is 5.92 Å². The molecule has 0 aromatic heterocycles. The van der Waals surface area contributed by atoms with Crippen LogP contribution in [0.2, 0.25) is 10.0 Å². The predicted octanol–water partition coefficient (Wildman–Crippen LogP) is 3.58. The number of halogens is 2. The molecular formula is C21H21Cl2N3O2. The Hall–Kier alpha value is -2.08. The number of likely N-dealkylation sites (tertiary alicyclic amines) is 1. The lowest BCUT2D eigenvalue weighted by atomic mass is 9.80. The first-order valence-electron chi connectivity index (χ1n) is 9.30. The van der Waals surface area contributed by atoms with Gasteiger partial charge < -0.3 is 11.1 Å². The molecule has 146 valence electrons. The van der Waals surface area contributed by atoms with Gasteiger partial charge in [-0.25, -0.2) is 0 Å². The van der Waals surface area contributed by atoms with Crippen molar-refractivity contribution in [3.8, 4) is 0 Å². The van der Waals surface area contributed by atoms with Crippen LogP contribution < -0.4 is 11.1 Å². The fourth-order valence-electron chi connectivity index (χ4n) is 4.43. The third-order valence-electron chi connectivity index (χ3n) is 5.76. The zero-order chi connectivity index (χ0) is 19.9. The first kappa shape index (κ1) is 19.2. The summed E-state index contributed by atoms with van der Waals surface area (Å²) in [6, 6.07) is 13.0. The normalized spacial score (nSPS) is 24.6. The van der Waals surface area contributed by atoms with Gasteiger partial charge >= 0.3 is 0 Å². The minimum absolute atomic E-state index is 0.116. The second-order valence-electron chi connectivity index (χ2n) is 7.50. The average Bonchev–Trinajstić information content (AvgIpc) is 2.93. The van der Waals surface area contributed by atoms with E-state index in [1.54, 1.807) is 12.1 Å². The molecule has 28 heavy (non-hydrogen) atoms. The van der Waals surface area contributed by atoms with Crippen molar-refractivity contribution in [3.05, 3.63) is 63.6 Å². The molecule has 2 aliphatic rings. The quantitative estimate of drug-likeness (QED) is 0.797. The molecule has 2 aromatic rings. The molecule has 0 radical (unpaired) electrons. The number of hydrogen-bond acceptors (Lipinski definition) is 3. The van der Waals surface area contributed by atoms with Gasteiger partial charge in [0.2, 0.25) is 11.8 Å². The van der Waals surface area contributed by atoms with Gasteiger partial charge in [0.15, 0.2) is 0 Å². The smallest absolute Gasteiger partial charge is 0.249 e. The number of carbonyl (C=O) groups excluding carboxylic acids is 2. The molecule has 0 saturated carbocycles. The Labute approximate surface area is 173 Å². The molecule has 2 amide bonds. The van der Waals surface area contributed by atoms with Crippen LogP contribution in [-0.2, 0) is 21.5 Å². The van der Waals surface area contributed by atoms with Gasteiger partial charge in [-0.15, -0.1) is 0 Å². The molecule has 0 aliphatic carbocycles. The Morgan fingerprint density at radius 2 is 2.00 bits per heavy atom. The summed E-state index contributed by atoms with van der Waals surface area (Å²) < 4.78 is 0. The van der Waals surface area contributed by atoms with Crippen LogP contribution in [-0.4, -0.2) is 29.8 Å². The molecule has 4 rings (SSSR count). The molecule has 2 aliphatic heterocycles. The van der Waals surface area contributed by atoms with Crippen LogP contribution in [0, 0.1) is 5.92 Å². The van der Waals surface area contributed by atoms with Gasteiger partial charge in [0.1, 0.15) is 5.54 Å². The maximum atomic E-state index is 13.4. The Kier molecular flexibility index (Phi) is 5.08. The van der Waals surface area contributed by atoms with Crippen LogP contribution in [0.1, 0.15) is 24.0 Å². The predicted molar refractivity (Wildman–Crippen MR) is 110 cm³/mol. The van der Waals surface area contributed by atoms with Crippen molar-refractivity contribution in [2.45, 2.75) is 24.8 Å². The highest BCUT2D eigenvalue weighted by atomic mass is 35.5. The van der Waals surface area contributed by atoms with E-state index < -0.39 is 5.54 Å². The molecule has 2 atom stereocenters. The molecule has 1 saturated heterocycles. The number of benzene rings is 2. The third-order valence-corrected chi connectivity index (χ3v) is 6.23. The number of anilines is 1. The van der Waals surface area contributed by atoms with Crippen molar-refractivity contribution < 1.29 is 9.59 Å². The molecule has 2 unspecified atom stereocenters. The van der Waals surface area contributed by atoms with Crippen molar-refractivity contribution in [1.82, 2.24) is 4.90 Å². The monoisotopic (exact) mass is 417 g/mol. The standard InChI is InChI=1S/C21H21Cl2N3O2/c22-15-5-1-3-13(9-15)11-21(26-8-2-4-14(12-26)19(24)27)17-7-6-16(23)10-18(17)25-20(21)28/h1,3,5-7,9-10,14H,2,4,8,11-12H2,(H2,24,27)(H,25,28). The number of nitrogens with zero attached hydrogens (tertiary/aromatic N) is 1. The van der Waals surface area contributed by atoms with Gasteiger partial charge in [-0.2, -0.15) is 0 Å². The fraction of sp³-hybridized carbons (Fsp3) is 0.333. The molecule has 3 N–H and O–H groups in total. The summed E-state index contributed by atoms with van der Waals surface area (Å²) in [6.07, 6.45) is 1.99. The summed E-state index contributed by atoms with van der Waals surface area (Å²) in [5, 5.41) is 4.17. The molecule has 2 heterocycles. The van der Waals surface area contributed by atoms with E-state index in [9.17, 15) is 9.59 Å². The summed E-state index contributed by atoms with van der Waals surface area (Å²) in [5.41, 5.74) is 7.19. The van der Waals surface area contributed by atoms with Gasteiger partial charge in [-0.05, 0) is 49.2 Å². The van der Waals surface area contributed by atoms with E-state index in [0.29, 0.717) is 35.2 Å². The number of carbonyl (C=O) groups is 2. The van der Waals surface area contributed by atoms with Gasteiger partial charge in [-0.1, -0.05) is 41.4 Å². The first-order chi connectivity index (χ1) is 13.4. The SMILES string of the molecule is NC(=O)C1CCCN(C2(Cc3cccc(Cl)c3)C(=O)Nc3cc(Cl)ccc32)C1. The van der Waals surface area contributed by atoms with Gasteiger partial charge in [0.25, 0.3) is 0 Å². The number of primary amides is 1. The van der Waals surface area contributed by atoms with E-state index in [4.69, 9.17) is 28.9 Å². The first-order valence-corrected chi connectivity index (χ1v) is 10.1. The molecule has 2 aromatic carbocycles. The van der Waals surface area contributed by atoms with E-state index >= 15 is 0 Å². The molecule has 0 bridgehead atoms. The van der Waals surface area contributed by atoms with E-state index in [1.807, 2.05) is 30.3 Å². The number of nitrogens with one attached hydrogen (secondary N) is 1. The molecule has 5 nitrogen and oxygen atoms in total. The van der Waals surface area contributed by atoms with Crippen LogP contribution in [0.25, 0.3) is 0 Å². The second kappa shape index (κ2) is 7.39. The summed E-state index contributed by atoms with van der Waals surface area (Å²) >= 11 is 12.3. The van der Waals surface area contributed by atoms with Crippen LogP contribution >= 0.6 is 23.2 Å². The second-order valence-corrected chi connectivity index (χ2v) is 8.37. The van der Waals surface area contributed by atoms with Crippen molar-refractivity contribution in [3.63, 3.8) is 0 Å². The minimum Gasteiger partial charge on any atom is -0.369 e. The Balaban J connectivity index is 1.82. The third kappa shape index (κ3) is 3.28. The van der Waals surface area contributed by atoms with E-state index in [-0.39, 0.29) is 17.7 Å². The maximum absolute atomic E-state index is 13.4. The van der Waals surface area contributed by atoms with Crippen molar-refractivity contribution in [1.29, 1.82) is 0 Å². The lowest BCUT2D eigenvalue weighted by Crippen LogP contribution is -2.57. The molecule has 7 heteroatoms. The summed E-state index contributed by atoms with van der Waals surface area (Å²) in [6.45, 7) is 1.16. The van der Waals surface area contributed by atoms with E-state index in [1.165, 1.54) is 0 Å². The number of nitrogens with two attached hydrogens (primary N) is 1. The number of rotatable bonds is 4. The van der Waals surface area contributed by atoms with Gasteiger partial charge in [0, 0.05) is 34.3 Å². The maximum Gasteiger partial charge on any atom is 0.249 e. The zero-order valence-electron chi connectivity index (χ0n) is 15.3. The Morgan fingerprint density at radius 3 is 2.75 bits per heavy atom. The topological polar surface area (TPSA) is 75.4 Å². The number of hydrogen-bond donors (Lipinski definition) is 2. The Morgan fingerprint density at radius 1 is 1.21 bits per heavy atom. The Bertz CT molecular complexity index is 949. The summed E-state index contributed by atoms with van der Waals surface area (Å²) in [4.78, 5) is 27.3. The van der Waals surface area contributed by atoms with Crippen molar-refractivity contribution in [2.75, 3.05) is 18.4 Å². The average molecular weight is 418 g/mol. The number of fused-ring (bicyclic) bond motifs is 1. The molecular weight excluding hydrogens is 397 g/mol. The van der Waals surface area contributed by atoms with E-state index in [2.05, 4.69) is 10.2 Å². The summed E-state index contributed by atoms with van der Waals surface area (Å²) in [7, 11) is 0. The number of piperidine rings is 1. The lowest BCUT2D eigenvalue weighted by molar-refractivity contribution is -0.133. The zero-order valence-corrected chi connectivity index (χ0v) is 16.8. The highest BCUT2D eigenvalue weighted by Gasteiger charge is 2.52. The summed E-state index contributed by atoms with van der Waals surface area (Å²) in [5.74, 6) is -0.707. The van der Waals surface area contributed by atoms with Crippen LogP contribution in [0.5, 0.6) is 0 Å². The fourth-order valence-corrected chi connectivity index (χ4v) is 4.81. The van der Waals surface area contributed by atoms with Crippen LogP contribution in [0.15, 0.2) is 42.5 Å². The highest BCUT2D eigenvalue weighted by molar-refractivity contribution is 6.31. The highest BCUT2D eigenvalue weighted by Crippen LogP contribution is 2.45. The molecule has 1 fully saturated rings.